The van der Waals surface area contributed by atoms with E-state index in [1.807, 2.05) is 31.2 Å². The minimum atomic E-state index is -0.788. The summed E-state index contributed by atoms with van der Waals surface area (Å²) in [4.78, 5) is 0. The zero-order chi connectivity index (χ0) is 14.9. The van der Waals surface area contributed by atoms with Crippen LogP contribution in [0.25, 0.3) is 11.0 Å². The Hall–Kier alpha value is -1.56. The van der Waals surface area contributed by atoms with Gasteiger partial charge in [-0.3, -0.25) is 0 Å². The lowest BCUT2D eigenvalue weighted by Gasteiger charge is -2.26. The van der Waals surface area contributed by atoms with E-state index in [0.29, 0.717) is 26.1 Å². The molecule has 2 unspecified atom stereocenters. The molecule has 1 fully saturated rings. The Balaban J connectivity index is 1.66. The molecule has 1 aromatic carbocycles. The number of furan rings is 1. The van der Waals surface area contributed by atoms with Crippen LogP contribution in [0.1, 0.15) is 19.1 Å². The third-order valence-electron chi connectivity index (χ3n) is 4.17. The van der Waals surface area contributed by atoms with Crippen molar-refractivity contribution in [2.45, 2.75) is 31.6 Å². The van der Waals surface area contributed by atoms with Crippen LogP contribution < -0.4 is 10.1 Å². The molecule has 0 aliphatic carbocycles. The number of para-hydroxylation sites is 1. The molecule has 21 heavy (non-hydrogen) atoms. The van der Waals surface area contributed by atoms with Crippen molar-refractivity contribution < 1.29 is 19.0 Å². The van der Waals surface area contributed by atoms with Gasteiger partial charge in [0.15, 0.2) is 11.3 Å². The topological polar surface area (TPSA) is 63.9 Å². The van der Waals surface area contributed by atoms with Gasteiger partial charge in [0.25, 0.3) is 0 Å². The number of nitrogens with one attached hydrogen (secondary N) is 1. The van der Waals surface area contributed by atoms with E-state index in [0.717, 1.165) is 22.5 Å². The highest BCUT2D eigenvalue weighted by Gasteiger charge is 2.38. The van der Waals surface area contributed by atoms with Gasteiger partial charge in [-0.2, -0.15) is 0 Å². The SMILES string of the molecule is COc1cccc2cc(CNCC3(O)CCOC3C)oc12. The van der Waals surface area contributed by atoms with Gasteiger partial charge in [-0.15, -0.1) is 0 Å². The lowest BCUT2D eigenvalue weighted by atomic mass is 9.97. The minimum absolute atomic E-state index is 0.138. The maximum absolute atomic E-state index is 10.4. The third-order valence-corrected chi connectivity index (χ3v) is 4.17. The molecule has 5 nitrogen and oxygen atoms in total. The van der Waals surface area contributed by atoms with Crippen LogP contribution in [0.4, 0.5) is 0 Å². The summed E-state index contributed by atoms with van der Waals surface area (Å²) in [5.74, 6) is 1.56. The third kappa shape index (κ3) is 2.77. The summed E-state index contributed by atoms with van der Waals surface area (Å²) >= 11 is 0. The Labute approximate surface area is 123 Å². The quantitative estimate of drug-likeness (QED) is 0.883. The van der Waals surface area contributed by atoms with Gasteiger partial charge >= 0.3 is 0 Å². The highest BCUT2D eigenvalue weighted by molar-refractivity contribution is 5.83. The molecule has 114 valence electrons. The van der Waals surface area contributed by atoms with Crippen molar-refractivity contribution in [3.05, 3.63) is 30.0 Å². The first-order chi connectivity index (χ1) is 10.1. The Kier molecular flexibility index (Phi) is 3.89. The van der Waals surface area contributed by atoms with E-state index in [9.17, 15) is 5.11 Å². The summed E-state index contributed by atoms with van der Waals surface area (Å²) in [7, 11) is 1.63. The van der Waals surface area contributed by atoms with E-state index in [2.05, 4.69) is 5.32 Å². The molecule has 0 spiro atoms. The molecule has 0 bridgehead atoms. The predicted molar refractivity (Wildman–Crippen MR) is 79.5 cm³/mol. The van der Waals surface area contributed by atoms with Crippen molar-refractivity contribution in [2.24, 2.45) is 0 Å². The van der Waals surface area contributed by atoms with Gasteiger partial charge < -0.3 is 24.3 Å². The fraction of sp³-hybridized carbons (Fsp3) is 0.500. The normalized spacial score (nSPS) is 25.6. The first-order valence-corrected chi connectivity index (χ1v) is 7.22. The number of methoxy groups -OCH3 is 1. The largest absolute Gasteiger partial charge is 0.493 e. The number of benzene rings is 1. The lowest BCUT2D eigenvalue weighted by molar-refractivity contribution is -0.0264. The first kappa shape index (κ1) is 14.4. The highest BCUT2D eigenvalue weighted by Crippen LogP contribution is 2.29. The number of hydrogen-bond acceptors (Lipinski definition) is 5. The highest BCUT2D eigenvalue weighted by atomic mass is 16.5. The van der Waals surface area contributed by atoms with Crippen molar-refractivity contribution in [2.75, 3.05) is 20.3 Å². The zero-order valence-corrected chi connectivity index (χ0v) is 12.4. The number of rotatable bonds is 5. The lowest BCUT2D eigenvalue weighted by Crippen LogP contribution is -2.45. The van der Waals surface area contributed by atoms with Crippen molar-refractivity contribution in [3.63, 3.8) is 0 Å². The van der Waals surface area contributed by atoms with Crippen molar-refractivity contribution in [1.29, 1.82) is 0 Å². The summed E-state index contributed by atoms with van der Waals surface area (Å²) in [5, 5.41) is 14.7. The second-order valence-corrected chi connectivity index (χ2v) is 5.56. The van der Waals surface area contributed by atoms with E-state index in [1.54, 1.807) is 7.11 Å². The van der Waals surface area contributed by atoms with E-state index in [-0.39, 0.29) is 6.10 Å². The second-order valence-electron chi connectivity index (χ2n) is 5.56. The molecule has 3 rings (SSSR count). The number of ether oxygens (including phenoxy) is 2. The van der Waals surface area contributed by atoms with Crippen LogP contribution in [0.2, 0.25) is 0 Å². The molecule has 0 radical (unpaired) electrons. The predicted octanol–water partition coefficient (Wildman–Crippen LogP) is 2.07. The van der Waals surface area contributed by atoms with Crippen molar-refractivity contribution >= 4 is 11.0 Å². The summed E-state index contributed by atoms with van der Waals surface area (Å²) in [6.07, 6.45) is 0.524. The maximum atomic E-state index is 10.4. The van der Waals surface area contributed by atoms with Crippen LogP contribution in [0, 0.1) is 0 Å². The van der Waals surface area contributed by atoms with E-state index in [1.165, 1.54) is 0 Å². The van der Waals surface area contributed by atoms with Crippen LogP contribution in [0.15, 0.2) is 28.7 Å². The Morgan fingerprint density at radius 2 is 2.33 bits per heavy atom. The fourth-order valence-electron chi connectivity index (χ4n) is 2.74. The van der Waals surface area contributed by atoms with Gasteiger partial charge in [-0.1, -0.05) is 12.1 Å². The van der Waals surface area contributed by atoms with Crippen LogP contribution >= 0.6 is 0 Å². The van der Waals surface area contributed by atoms with Gasteiger partial charge in [-0.05, 0) is 19.1 Å². The molecule has 5 heteroatoms. The Morgan fingerprint density at radius 3 is 3.05 bits per heavy atom. The standard InChI is InChI=1S/C16H21NO4/c1-11-16(18,6-7-20-11)10-17-9-13-8-12-4-3-5-14(19-2)15(12)21-13/h3-5,8,11,17-18H,6-7,9-10H2,1-2H3. The monoisotopic (exact) mass is 291 g/mol. The summed E-state index contributed by atoms with van der Waals surface area (Å²) in [6, 6.07) is 7.80. The molecule has 2 aromatic rings. The Morgan fingerprint density at radius 1 is 1.48 bits per heavy atom. The van der Waals surface area contributed by atoms with E-state index >= 15 is 0 Å². The summed E-state index contributed by atoms with van der Waals surface area (Å²) in [6.45, 7) is 3.57. The number of aliphatic hydroxyl groups is 1. The molecular weight excluding hydrogens is 270 g/mol. The second kappa shape index (κ2) is 5.67. The first-order valence-electron chi connectivity index (χ1n) is 7.22. The molecule has 0 saturated carbocycles. The zero-order valence-electron chi connectivity index (χ0n) is 12.4. The smallest absolute Gasteiger partial charge is 0.176 e. The van der Waals surface area contributed by atoms with Crippen LogP contribution in [-0.2, 0) is 11.3 Å². The number of hydrogen-bond donors (Lipinski definition) is 2. The fourth-order valence-corrected chi connectivity index (χ4v) is 2.74. The maximum Gasteiger partial charge on any atom is 0.176 e. The summed E-state index contributed by atoms with van der Waals surface area (Å²) < 4.78 is 16.5. The average molecular weight is 291 g/mol. The van der Waals surface area contributed by atoms with Crippen molar-refractivity contribution in [3.8, 4) is 5.75 Å². The molecule has 1 saturated heterocycles. The van der Waals surface area contributed by atoms with Crippen LogP contribution in [0.5, 0.6) is 5.75 Å². The summed E-state index contributed by atoms with van der Waals surface area (Å²) in [5.41, 5.74) is -0.0305. The van der Waals surface area contributed by atoms with E-state index < -0.39 is 5.60 Å². The molecular formula is C16H21NO4. The molecule has 1 aliphatic heterocycles. The van der Waals surface area contributed by atoms with Gasteiger partial charge in [0.1, 0.15) is 11.4 Å². The molecule has 2 heterocycles. The molecule has 0 amide bonds. The van der Waals surface area contributed by atoms with Crippen LogP contribution in [-0.4, -0.2) is 37.1 Å². The average Bonchev–Trinajstić information content (AvgIpc) is 3.03. The van der Waals surface area contributed by atoms with Gasteiger partial charge in [0, 0.05) is 25.0 Å². The van der Waals surface area contributed by atoms with Crippen LogP contribution in [0.3, 0.4) is 0 Å². The minimum Gasteiger partial charge on any atom is -0.493 e. The molecule has 1 aliphatic rings. The molecule has 2 atom stereocenters. The van der Waals surface area contributed by atoms with Gasteiger partial charge in [0.05, 0.1) is 19.8 Å². The Bertz CT molecular complexity index is 624. The molecule has 1 aromatic heterocycles. The van der Waals surface area contributed by atoms with Gasteiger partial charge in [-0.25, -0.2) is 0 Å². The van der Waals surface area contributed by atoms with Crippen molar-refractivity contribution in [1.82, 2.24) is 5.32 Å². The molecule has 2 N–H and O–H groups in total. The van der Waals surface area contributed by atoms with Gasteiger partial charge in [0.2, 0.25) is 0 Å². The van der Waals surface area contributed by atoms with E-state index in [4.69, 9.17) is 13.9 Å². The number of fused-ring (bicyclic) bond motifs is 1.